The van der Waals surface area contributed by atoms with Gasteiger partial charge in [-0.2, -0.15) is 0 Å². The second kappa shape index (κ2) is 12.7. The Bertz CT molecular complexity index is 760. The number of carboxylic acid groups (broad SMARTS) is 1. The summed E-state index contributed by atoms with van der Waals surface area (Å²) in [4.78, 5) is 22.9. The topological polar surface area (TPSA) is 96.9 Å². The van der Waals surface area contributed by atoms with Crippen LogP contribution in [0.2, 0.25) is 0 Å². The van der Waals surface area contributed by atoms with Crippen molar-refractivity contribution in [1.82, 2.24) is 10.6 Å². The maximum absolute atomic E-state index is 12.3. The Morgan fingerprint density at radius 2 is 1.75 bits per heavy atom. The molecule has 1 aromatic rings. The lowest BCUT2D eigenvalue weighted by Gasteiger charge is -2.28. The average Bonchev–Trinajstić information content (AvgIpc) is 3.39. The van der Waals surface area contributed by atoms with Crippen molar-refractivity contribution in [2.24, 2.45) is 11.8 Å². The second-order valence-electron chi connectivity index (χ2n) is 8.68. The maximum Gasteiger partial charge on any atom is 0.303 e. The molecule has 0 radical (unpaired) electrons. The van der Waals surface area contributed by atoms with E-state index < -0.39 is 5.97 Å². The van der Waals surface area contributed by atoms with E-state index in [1.165, 1.54) is 0 Å². The van der Waals surface area contributed by atoms with Gasteiger partial charge in [0.2, 0.25) is 5.91 Å². The van der Waals surface area contributed by atoms with Gasteiger partial charge in [0, 0.05) is 18.9 Å². The van der Waals surface area contributed by atoms with E-state index in [9.17, 15) is 9.59 Å². The fraction of sp³-hybridized carbons (Fsp3) is 0.625. The van der Waals surface area contributed by atoms with E-state index in [-0.39, 0.29) is 30.2 Å². The lowest BCUT2D eigenvalue weighted by molar-refractivity contribution is -0.137. The Labute approximate surface area is 195 Å². The van der Waals surface area contributed by atoms with Crippen LogP contribution in [0.25, 0.3) is 0 Å². The molecule has 3 N–H and O–H groups in total. The first-order chi connectivity index (χ1) is 15.5. The van der Waals surface area contributed by atoms with Gasteiger partial charge in [-0.05, 0) is 49.4 Å². The standard InChI is InChI=1S/C24H34N2O5S/c27-22(15-26-24(32)30-16-17-8-4-3-5-9-17)25-14-19-18(20-12-13-21(19)31-20)10-6-1-2-7-11-23(28)29/h3-5,8-9,18-21H,1-2,6-7,10-16H2,(H,25,27)(H,26,32)(H,28,29). The Hall–Kier alpha value is -2.19. The van der Waals surface area contributed by atoms with E-state index in [0.29, 0.717) is 31.1 Å². The molecule has 3 rings (SSSR count). The van der Waals surface area contributed by atoms with E-state index >= 15 is 0 Å². The number of rotatable bonds is 13. The van der Waals surface area contributed by atoms with Crippen LogP contribution in [0, 0.1) is 11.8 Å². The van der Waals surface area contributed by atoms with Crippen LogP contribution in [0.1, 0.15) is 56.9 Å². The SMILES string of the molecule is O=C(O)CCCCCCC1C2CCC(O2)C1CNC(=O)CNC(=S)OCc1ccccc1. The van der Waals surface area contributed by atoms with Gasteiger partial charge in [-0.3, -0.25) is 9.59 Å². The first-order valence-corrected chi connectivity index (χ1v) is 12.0. The van der Waals surface area contributed by atoms with Gasteiger partial charge in [-0.15, -0.1) is 0 Å². The number of nitrogens with one attached hydrogen (secondary N) is 2. The van der Waals surface area contributed by atoms with Crippen molar-refractivity contribution in [2.45, 2.75) is 70.2 Å². The van der Waals surface area contributed by atoms with Gasteiger partial charge in [0.25, 0.3) is 5.17 Å². The molecule has 2 saturated heterocycles. The van der Waals surface area contributed by atoms with Gasteiger partial charge in [0.15, 0.2) is 0 Å². The molecule has 0 saturated carbocycles. The summed E-state index contributed by atoms with van der Waals surface area (Å²) in [5.74, 6) is -0.0130. The molecule has 2 fully saturated rings. The van der Waals surface area contributed by atoms with Crippen molar-refractivity contribution in [3.05, 3.63) is 35.9 Å². The highest BCUT2D eigenvalue weighted by molar-refractivity contribution is 7.80. The summed E-state index contributed by atoms with van der Waals surface area (Å²) in [6.45, 7) is 1.07. The van der Waals surface area contributed by atoms with E-state index in [2.05, 4.69) is 10.6 Å². The number of hydrogen-bond acceptors (Lipinski definition) is 5. The van der Waals surface area contributed by atoms with Crippen molar-refractivity contribution >= 4 is 29.3 Å². The number of unbranched alkanes of at least 4 members (excludes halogenated alkanes) is 3. The van der Waals surface area contributed by atoms with Gasteiger partial charge >= 0.3 is 5.97 Å². The molecule has 0 aromatic heterocycles. The van der Waals surface area contributed by atoms with Gasteiger partial charge in [0.1, 0.15) is 6.61 Å². The highest BCUT2D eigenvalue weighted by atomic mass is 32.1. The van der Waals surface area contributed by atoms with Crippen LogP contribution < -0.4 is 10.6 Å². The number of carbonyl (C=O) groups excluding carboxylic acids is 1. The minimum atomic E-state index is -0.722. The number of carboxylic acids is 1. The van der Waals surface area contributed by atoms with Gasteiger partial charge in [0.05, 0.1) is 18.8 Å². The smallest absolute Gasteiger partial charge is 0.303 e. The van der Waals surface area contributed by atoms with E-state index in [1.54, 1.807) is 0 Å². The van der Waals surface area contributed by atoms with Gasteiger partial charge in [-0.25, -0.2) is 0 Å². The molecule has 8 heteroatoms. The number of hydrogen-bond donors (Lipinski definition) is 3. The molecule has 176 valence electrons. The van der Waals surface area contributed by atoms with Crippen LogP contribution in [0.4, 0.5) is 0 Å². The molecule has 1 amide bonds. The molecule has 32 heavy (non-hydrogen) atoms. The lowest BCUT2D eigenvalue weighted by Crippen LogP contribution is -2.42. The molecule has 7 nitrogen and oxygen atoms in total. The van der Waals surface area contributed by atoms with E-state index in [0.717, 1.165) is 50.5 Å². The van der Waals surface area contributed by atoms with Crippen LogP contribution in [-0.4, -0.2) is 47.5 Å². The largest absolute Gasteiger partial charge is 0.481 e. The maximum atomic E-state index is 12.3. The number of benzene rings is 1. The number of carbonyl (C=O) groups is 2. The minimum Gasteiger partial charge on any atom is -0.481 e. The average molecular weight is 463 g/mol. The zero-order valence-corrected chi connectivity index (χ0v) is 19.3. The monoisotopic (exact) mass is 462 g/mol. The fourth-order valence-electron chi connectivity index (χ4n) is 4.78. The van der Waals surface area contributed by atoms with Crippen LogP contribution in [0.5, 0.6) is 0 Å². The molecule has 0 aliphatic carbocycles. The number of ether oxygens (including phenoxy) is 2. The van der Waals surface area contributed by atoms with Gasteiger partial charge in [-0.1, -0.05) is 49.6 Å². The van der Waals surface area contributed by atoms with Crippen LogP contribution in [-0.2, 0) is 25.7 Å². The molecule has 2 aliphatic rings. The molecule has 4 atom stereocenters. The molecular weight excluding hydrogens is 428 g/mol. The lowest BCUT2D eigenvalue weighted by atomic mass is 9.76. The van der Waals surface area contributed by atoms with Crippen molar-refractivity contribution in [1.29, 1.82) is 0 Å². The quantitative estimate of drug-likeness (QED) is 0.305. The Morgan fingerprint density at radius 3 is 2.50 bits per heavy atom. The van der Waals surface area contributed by atoms with Crippen molar-refractivity contribution in [3.63, 3.8) is 0 Å². The third-order valence-corrected chi connectivity index (χ3v) is 6.67. The molecule has 2 heterocycles. The third kappa shape index (κ3) is 7.74. The number of fused-ring (bicyclic) bond motifs is 2. The predicted molar refractivity (Wildman–Crippen MR) is 125 cm³/mol. The third-order valence-electron chi connectivity index (χ3n) is 6.41. The van der Waals surface area contributed by atoms with Crippen molar-refractivity contribution in [2.75, 3.05) is 13.1 Å². The summed E-state index contributed by atoms with van der Waals surface area (Å²) in [6, 6.07) is 9.74. The van der Waals surface area contributed by atoms with E-state index in [4.69, 9.17) is 26.8 Å². The fourth-order valence-corrected chi connectivity index (χ4v) is 4.92. The number of thiocarbonyl (C=S) groups is 1. The van der Waals surface area contributed by atoms with Crippen molar-refractivity contribution in [3.8, 4) is 0 Å². The molecular formula is C24H34N2O5S. The molecule has 2 aliphatic heterocycles. The number of aliphatic carboxylic acids is 1. The van der Waals surface area contributed by atoms with E-state index in [1.807, 2.05) is 30.3 Å². The zero-order chi connectivity index (χ0) is 22.8. The van der Waals surface area contributed by atoms with Gasteiger partial charge < -0.3 is 25.2 Å². The van der Waals surface area contributed by atoms with Crippen LogP contribution >= 0.6 is 12.2 Å². The minimum absolute atomic E-state index is 0.0868. The Balaban J connectivity index is 1.31. The summed E-state index contributed by atoms with van der Waals surface area (Å²) >= 11 is 5.15. The summed E-state index contributed by atoms with van der Waals surface area (Å²) in [6.07, 6.45) is 7.85. The summed E-state index contributed by atoms with van der Waals surface area (Å²) < 4.78 is 11.6. The Kier molecular flexibility index (Phi) is 9.74. The predicted octanol–water partition coefficient (Wildman–Crippen LogP) is 3.41. The van der Waals surface area contributed by atoms with Crippen molar-refractivity contribution < 1.29 is 24.2 Å². The van der Waals surface area contributed by atoms with Crippen LogP contribution in [0.3, 0.4) is 0 Å². The first kappa shape index (κ1) is 24.5. The molecule has 2 bridgehead atoms. The zero-order valence-electron chi connectivity index (χ0n) is 18.5. The molecule has 1 aromatic carbocycles. The second-order valence-corrected chi connectivity index (χ2v) is 9.05. The Morgan fingerprint density at radius 1 is 1.03 bits per heavy atom. The van der Waals surface area contributed by atoms with Crippen LogP contribution in [0.15, 0.2) is 30.3 Å². The normalized spacial score (nSPS) is 23.6. The molecule has 4 unspecified atom stereocenters. The first-order valence-electron chi connectivity index (χ1n) is 11.6. The highest BCUT2D eigenvalue weighted by Crippen LogP contribution is 2.45. The summed E-state index contributed by atoms with van der Waals surface area (Å²) in [5.41, 5.74) is 1.02. The number of amides is 1. The summed E-state index contributed by atoms with van der Waals surface area (Å²) in [5, 5.41) is 14.8. The molecule has 0 spiro atoms. The highest BCUT2D eigenvalue weighted by Gasteiger charge is 2.48. The summed E-state index contributed by atoms with van der Waals surface area (Å²) in [7, 11) is 0.